The van der Waals surface area contributed by atoms with Crippen molar-refractivity contribution in [1.82, 2.24) is 0 Å². The van der Waals surface area contributed by atoms with Crippen LogP contribution in [0.4, 0.5) is 0 Å². The molecule has 0 amide bonds. The first-order valence-corrected chi connectivity index (χ1v) is 3.51. The van der Waals surface area contributed by atoms with Gasteiger partial charge in [0.05, 0.1) is 25.4 Å². The van der Waals surface area contributed by atoms with Crippen molar-refractivity contribution in [3.63, 3.8) is 0 Å². The Morgan fingerprint density at radius 1 is 1.27 bits per heavy atom. The number of ether oxygens (including phenoxy) is 1. The largest absolute Gasteiger partial charge is 0.396 e. The summed E-state index contributed by atoms with van der Waals surface area (Å²) in [4.78, 5) is 0. The first-order valence-electron chi connectivity index (χ1n) is 3.51. The van der Waals surface area contributed by atoms with E-state index in [4.69, 9.17) is 22.8 Å². The van der Waals surface area contributed by atoms with Crippen LogP contribution in [0.25, 0.3) is 0 Å². The lowest BCUT2D eigenvalue weighted by Gasteiger charge is -2.14. The second-order valence-corrected chi connectivity index (χ2v) is 2.66. The Morgan fingerprint density at radius 3 is 2.27 bits per heavy atom. The standard InChI is InChI=1S/C6H11BO4/c7-6-5(10)3(1-8)4(2-9)11-6/h3-6,8-10H,1-2H2/t3?,4-,5?,6-/m1/s1. The lowest BCUT2D eigenvalue weighted by Crippen LogP contribution is -2.31. The third kappa shape index (κ3) is 1.56. The minimum atomic E-state index is -0.878. The van der Waals surface area contributed by atoms with Gasteiger partial charge in [0.15, 0.2) is 0 Å². The van der Waals surface area contributed by atoms with Gasteiger partial charge in [-0.05, 0) is 0 Å². The summed E-state index contributed by atoms with van der Waals surface area (Å²) in [6.07, 6.45) is -1.41. The maximum Gasteiger partial charge on any atom is 0.112 e. The number of rotatable bonds is 2. The molecule has 2 radical (unpaired) electrons. The molecule has 1 saturated heterocycles. The Labute approximate surface area is 66.2 Å². The molecule has 0 aromatic carbocycles. The van der Waals surface area contributed by atoms with Gasteiger partial charge in [-0.25, -0.2) is 0 Å². The first-order chi connectivity index (χ1) is 5.20. The minimum absolute atomic E-state index is 0.222. The molecule has 1 aliphatic rings. The van der Waals surface area contributed by atoms with Crippen molar-refractivity contribution in [1.29, 1.82) is 0 Å². The zero-order valence-electron chi connectivity index (χ0n) is 6.05. The first kappa shape index (κ1) is 9.00. The summed E-state index contributed by atoms with van der Waals surface area (Å²) in [5.74, 6) is -0.463. The Morgan fingerprint density at radius 2 is 1.91 bits per heavy atom. The molecule has 1 heterocycles. The minimum Gasteiger partial charge on any atom is -0.396 e. The average Bonchev–Trinajstić information content (AvgIpc) is 2.28. The van der Waals surface area contributed by atoms with Crippen molar-refractivity contribution < 1.29 is 20.1 Å². The number of aliphatic hydroxyl groups excluding tert-OH is 3. The van der Waals surface area contributed by atoms with Crippen molar-refractivity contribution in [2.45, 2.75) is 18.2 Å². The number of hydrogen-bond donors (Lipinski definition) is 3. The van der Waals surface area contributed by atoms with Crippen molar-refractivity contribution in [3.05, 3.63) is 0 Å². The van der Waals surface area contributed by atoms with Crippen LogP contribution in [0.15, 0.2) is 0 Å². The van der Waals surface area contributed by atoms with Crippen LogP contribution in [-0.2, 0) is 4.74 Å². The molecule has 3 N–H and O–H groups in total. The molecule has 1 aliphatic heterocycles. The fourth-order valence-electron chi connectivity index (χ4n) is 1.25. The maximum absolute atomic E-state index is 9.24. The van der Waals surface area contributed by atoms with Crippen molar-refractivity contribution in [2.24, 2.45) is 5.92 Å². The Kier molecular flexibility index (Phi) is 2.89. The second kappa shape index (κ2) is 3.54. The van der Waals surface area contributed by atoms with Gasteiger partial charge in [-0.1, -0.05) is 0 Å². The molecule has 0 aliphatic carbocycles. The number of aliphatic hydroxyl groups is 3. The van der Waals surface area contributed by atoms with Crippen molar-refractivity contribution in [2.75, 3.05) is 13.2 Å². The average molecular weight is 158 g/mol. The predicted octanol–water partition coefficient (Wildman–Crippen LogP) is -2.16. The molecule has 11 heavy (non-hydrogen) atoms. The second-order valence-electron chi connectivity index (χ2n) is 2.66. The molecular weight excluding hydrogens is 147 g/mol. The zero-order chi connectivity index (χ0) is 8.43. The van der Waals surface area contributed by atoms with E-state index in [0.717, 1.165) is 0 Å². The lowest BCUT2D eigenvalue weighted by molar-refractivity contribution is 0.0159. The topological polar surface area (TPSA) is 69.9 Å². The Bertz CT molecular complexity index is 132. The van der Waals surface area contributed by atoms with Crippen molar-refractivity contribution in [3.8, 4) is 0 Å². The summed E-state index contributed by atoms with van der Waals surface area (Å²) >= 11 is 0. The molecule has 0 saturated carbocycles. The van der Waals surface area contributed by atoms with Gasteiger partial charge < -0.3 is 20.1 Å². The molecule has 0 bridgehead atoms. The predicted molar refractivity (Wildman–Crippen MR) is 38.1 cm³/mol. The van der Waals surface area contributed by atoms with Crippen LogP contribution in [0.1, 0.15) is 0 Å². The van der Waals surface area contributed by atoms with Crippen LogP contribution in [0.3, 0.4) is 0 Å². The molecule has 1 fully saturated rings. The van der Waals surface area contributed by atoms with Crippen molar-refractivity contribution >= 4 is 7.85 Å². The van der Waals surface area contributed by atoms with Gasteiger partial charge in [0, 0.05) is 11.9 Å². The molecule has 0 spiro atoms. The highest BCUT2D eigenvalue weighted by atomic mass is 16.5. The molecule has 4 atom stereocenters. The van der Waals surface area contributed by atoms with Crippen LogP contribution in [-0.4, -0.2) is 54.6 Å². The fraction of sp³-hybridized carbons (Fsp3) is 1.00. The van der Waals surface area contributed by atoms with E-state index in [-0.39, 0.29) is 13.2 Å². The summed E-state index contributed by atoms with van der Waals surface area (Å²) in [7, 11) is 5.32. The summed E-state index contributed by atoms with van der Waals surface area (Å²) in [5, 5.41) is 26.7. The highest BCUT2D eigenvalue weighted by Gasteiger charge is 2.39. The lowest BCUT2D eigenvalue weighted by atomic mass is 9.88. The molecule has 62 valence electrons. The summed E-state index contributed by atoms with van der Waals surface area (Å²) < 4.78 is 4.94. The maximum atomic E-state index is 9.24. The van der Waals surface area contributed by atoms with Crippen LogP contribution in [0.2, 0.25) is 0 Å². The monoisotopic (exact) mass is 158 g/mol. The van der Waals surface area contributed by atoms with E-state index >= 15 is 0 Å². The van der Waals surface area contributed by atoms with Gasteiger partial charge in [-0.2, -0.15) is 0 Å². The van der Waals surface area contributed by atoms with Gasteiger partial charge in [-0.3, -0.25) is 0 Å². The third-order valence-electron chi connectivity index (χ3n) is 1.98. The Hall–Kier alpha value is -0.0951. The van der Waals surface area contributed by atoms with Crippen LogP contribution < -0.4 is 0 Å². The molecule has 5 heteroatoms. The zero-order valence-corrected chi connectivity index (χ0v) is 6.05. The van der Waals surface area contributed by atoms with Crippen LogP contribution in [0, 0.1) is 5.92 Å². The Balaban J connectivity index is 2.57. The normalized spacial score (nSPS) is 44.6. The quantitative estimate of drug-likeness (QED) is 0.400. The molecule has 2 unspecified atom stereocenters. The summed E-state index contributed by atoms with van der Waals surface area (Å²) in [6.45, 7) is -0.448. The molecule has 0 aromatic heterocycles. The van der Waals surface area contributed by atoms with E-state index in [9.17, 15) is 5.11 Å². The van der Waals surface area contributed by atoms with Crippen LogP contribution >= 0.6 is 0 Å². The SMILES string of the molecule is [B][C@@H]1O[C@H](CO)C(CO)C1O. The molecule has 1 rings (SSSR count). The van der Waals surface area contributed by atoms with Crippen LogP contribution in [0.5, 0.6) is 0 Å². The van der Waals surface area contributed by atoms with E-state index in [1.807, 2.05) is 0 Å². The van der Waals surface area contributed by atoms with E-state index in [0.29, 0.717) is 0 Å². The molecular formula is C6H11BO4. The highest BCUT2D eigenvalue weighted by Crippen LogP contribution is 2.24. The smallest absolute Gasteiger partial charge is 0.112 e. The number of hydrogen-bond acceptors (Lipinski definition) is 4. The van der Waals surface area contributed by atoms with Gasteiger partial charge in [-0.15, -0.1) is 0 Å². The van der Waals surface area contributed by atoms with Gasteiger partial charge in [0.1, 0.15) is 7.85 Å². The van der Waals surface area contributed by atoms with Gasteiger partial charge in [0.25, 0.3) is 0 Å². The molecule has 4 nitrogen and oxygen atoms in total. The van der Waals surface area contributed by atoms with Gasteiger partial charge in [0.2, 0.25) is 0 Å². The van der Waals surface area contributed by atoms with E-state index in [1.165, 1.54) is 0 Å². The summed E-state index contributed by atoms with van der Waals surface area (Å²) in [6, 6.07) is -0.788. The van der Waals surface area contributed by atoms with E-state index in [2.05, 4.69) is 0 Å². The summed E-state index contributed by atoms with van der Waals surface area (Å²) in [5.41, 5.74) is 0. The fourth-order valence-corrected chi connectivity index (χ4v) is 1.25. The van der Waals surface area contributed by atoms with E-state index < -0.39 is 24.1 Å². The van der Waals surface area contributed by atoms with E-state index in [1.54, 1.807) is 0 Å². The highest BCUT2D eigenvalue weighted by molar-refractivity contribution is 6.11. The third-order valence-corrected chi connectivity index (χ3v) is 1.98. The molecule has 0 aromatic rings. The van der Waals surface area contributed by atoms with Gasteiger partial charge >= 0.3 is 0 Å².